The Morgan fingerprint density at radius 3 is 3.06 bits per heavy atom. The first-order valence-corrected chi connectivity index (χ1v) is 5.89. The normalized spacial score (nSPS) is 25.0. The van der Waals surface area contributed by atoms with Gasteiger partial charge in [-0.1, -0.05) is 12.1 Å². The van der Waals surface area contributed by atoms with Gasteiger partial charge >= 0.3 is 0 Å². The Morgan fingerprint density at radius 1 is 1.61 bits per heavy atom. The minimum atomic E-state index is -0.384. The molecular formula is C12H17N3O3. The molecule has 98 valence electrons. The number of likely N-dealkylation sites (N-methyl/N-ethyl adjacent to an activating group) is 1. The highest BCUT2D eigenvalue weighted by atomic mass is 16.6. The zero-order valence-corrected chi connectivity index (χ0v) is 10.3. The molecule has 0 saturated carbocycles. The van der Waals surface area contributed by atoms with Gasteiger partial charge in [-0.2, -0.15) is 0 Å². The molecule has 2 unspecified atom stereocenters. The molecule has 2 atom stereocenters. The Kier molecular flexibility index (Phi) is 3.90. The summed E-state index contributed by atoms with van der Waals surface area (Å²) in [7, 11) is 1.98. The molecule has 1 fully saturated rings. The third kappa shape index (κ3) is 2.50. The SMILES string of the molecule is CN1CCOC(CN)C1c1cccc([N+](=O)[O-])c1. The van der Waals surface area contributed by atoms with E-state index in [2.05, 4.69) is 4.90 Å². The van der Waals surface area contributed by atoms with Crippen LogP contribution in [0.25, 0.3) is 0 Å². The number of non-ortho nitro benzene ring substituents is 1. The lowest BCUT2D eigenvalue weighted by atomic mass is 9.98. The van der Waals surface area contributed by atoms with Crippen molar-refractivity contribution in [2.75, 3.05) is 26.7 Å². The van der Waals surface area contributed by atoms with Gasteiger partial charge in [0, 0.05) is 25.2 Å². The summed E-state index contributed by atoms with van der Waals surface area (Å²) in [5.41, 5.74) is 6.68. The van der Waals surface area contributed by atoms with Crippen LogP contribution in [0.2, 0.25) is 0 Å². The molecule has 1 aliphatic heterocycles. The molecule has 6 nitrogen and oxygen atoms in total. The lowest BCUT2D eigenvalue weighted by Gasteiger charge is -2.38. The van der Waals surface area contributed by atoms with Gasteiger partial charge in [-0.25, -0.2) is 0 Å². The standard InChI is InChI=1S/C12H17N3O3/c1-14-5-6-18-11(8-13)12(14)9-3-2-4-10(7-9)15(16)17/h2-4,7,11-12H,5-6,8,13H2,1H3. The van der Waals surface area contributed by atoms with Gasteiger partial charge in [-0.15, -0.1) is 0 Å². The van der Waals surface area contributed by atoms with E-state index < -0.39 is 0 Å². The molecule has 0 bridgehead atoms. The van der Waals surface area contributed by atoms with Crippen molar-refractivity contribution in [1.82, 2.24) is 4.90 Å². The third-order valence-electron chi connectivity index (χ3n) is 3.26. The molecule has 0 aromatic heterocycles. The Bertz CT molecular complexity index is 438. The van der Waals surface area contributed by atoms with Crippen LogP contribution in [-0.4, -0.2) is 42.7 Å². The lowest BCUT2D eigenvalue weighted by Crippen LogP contribution is -2.46. The number of morpholine rings is 1. The van der Waals surface area contributed by atoms with E-state index in [1.807, 2.05) is 13.1 Å². The van der Waals surface area contributed by atoms with Crippen molar-refractivity contribution < 1.29 is 9.66 Å². The Labute approximate surface area is 105 Å². The maximum absolute atomic E-state index is 10.8. The molecule has 1 heterocycles. The highest BCUT2D eigenvalue weighted by Gasteiger charge is 2.31. The minimum absolute atomic E-state index is 0.0244. The maximum Gasteiger partial charge on any atom is 0.269 e. The predicted octanol–water partition coefficient (Wildman–Crippen LogP) is 0.925. The van der Waals surface area contributed by atoms with Crippen LogP contribution in [0.5, 0.6) is 0 Å². The second kappa shape index (κ2) is 5.43. The van der Waals surface area contributed by atoms with Gasteiger partial charge in [0.1, 0.15) is 0 Å². The summed E-state index contributed by atoms with van der Waals surface area (Å²) in [6.45, 7) is 1.84. The molecule has 0 amide bonds. The summed E-state index contributed by atoms with van der Waals surface area (Å²) in [6, 6.07) is 6.64. The van der Waals surface area contributed by atoms with Crippen molar-refractivity contribution in [3.63, 3.8) is 0 Å². The van der Waals surface area contributed by atoms with Crippen LogP contribution >= 0.6 is 0 Å². The average Bonchev–Trinajstić information content (AvgIpc) is 2.38. The number of rotatable bonds is 3. The monoisotopic (exact) mass is 251 g/mol. The van der Waals surface area contributed by atoms with Gasteiger partial charge in [0.2, 0.25) is 0 Å². The molecule has 0 spiro atoms. The van der Waals surface area contributed by atoms with Crippen molar-refractivity contribution in [2.24, 2.45) is 5.73 Å². The Morgan fingerprint density at radius 2 is 2.39 bits per heavy atom. The molecule has 1 saturated heterocycles. The Balaban J connectivity index is 2.32. The summed E-state index contributed by atoms with van der Waals surface area (Å²) in [5.74, 6) is 0. The summed E-state index contributed by atoms with van der Waals surface area (Å²) < 4.78 is 5.63. The quantitative estimate of drug-likeness (QED) is 0.638. The summed E-state index contributed by atoms with van der Waals surface area (Å²) in [5, 5.41) is 10.8. The topological polar surface area (TPSA) is 81.6 Å². The van der Waals surface area contributed by atoms with Crippen LogP contribution in [0, 0.1) is 10.1 Å². The zero-order valence-electron chi connectivity index (χ0n) is 10.3. The van der Waals surface area contributed by atoms with Gasteiger partial charge in [-0.3, -0.25) is 15.0 Å². The first-order chi connectivity index (χ1) is 8.63. The minimum Gasteiger partial charge on any atom is -0.374 e. The molecule has 6 heteroatoms. The molecule has 0 aliphatic carbocycles. The number of nitrogens with two attached hydrogens (primary N) is 1. The lowest BCUT2D eigenvalue weighted by molar-refractivity contribution is -0.385. The average molecular weight is 251 g/mol. The Hall–Kier alpha value is -1.50. The number of nitrogens with zero attached hydrogens (tertiary/aromatic N) is 2. The fraction of sp³-hybridized carbons (Fsp3) is 0.500. The summed E-state index contributed by atoms with van der Waals surface area (Å²) in [6.07, 6.45) is -0.120. The molecule has 18 heavy (non-hydrogen) atoms. The van der Waals surface area contributed by atoms with E-state index in [1.165, 1.54) is 6.07 Å². The van der Waals surface area contributed by atoms with Crippen LogP contribution < -0.4 is 5.73 Å². The molecule has 1 aromatic carbocycles. The fourth-order valence-electron chi connectivity index (χ4n) is 2.35. The van der Waals surface area contributed by atoms with E-state index in [9.17, 15) is 10.1 Å². The smallest absolute Gasteiger partial charge is 0.269 e. The van der Waals surface area contributed by atoms with Crippen LogP contribution in [0.1, 0.15) is 11.6 Å². The van der Waals surface area contributed by atoms with Crippen molar-refractivity contribution in [2.45, 2.75) is 12.1 Å². The van der Waals surface area contributed by atoms with Gasteiger partial charge < -0.3 is 10.5 Å². The van der Waals surface area contributed by atoms with E-state index in [-0.39, 0.29) is 22.8 Å². The van der Waals surface area contributed by atoms with Crippen LogP contribution in [-0.2, 0) is 4.74 Å². The fourth-order valence-corrected chi connectivity index (χ4v) is 2.35. The van der Waals surface area contributed by atoms with Gasteiger partial charge in [0.25, 0.3) is 5.69 Å². The second-order valence-corrected chi connectivity index (χ2v) is 4.42. The number of hydrogen-bond acceptors (Lipinski definition) is 5. The molecule has 0 radical (unpaired) electrons. The van der Waals surface area contributed by atoms with Gasteiger partial charge in [0.05, 0.1) is 23.7 Å². The van der Waals surface area contributed by atoms with Gasteiger partial charge in [0.15, 0.2) is 0 Å². The number of nitro groups is 1. The molecule has 1 aromatic rings. The number of ether oxygens (including phenoxy) is 1. The van der Waals surface area contributed by atoms with Crippen LogP contribution in [0.3, 0.4) is 0 Å². The second-order valence-electron chi connectivity index (χ2n) is 4.42. The van der Waals surface area contributed by atoms with E-state index in [1.54, 1.807) is 12.1 Å². The van der Waals surface area contributed by atoms with E-state index in [0.29, 0.717) is 13.2 Å². The van der Waals surface area contributed by atoms with Crippen molar-refractivity contribution in [3.8, 4) is 0 Å². The largest absolute Gasteiger partial charge is 0.374 e. The van der Waals surface area contributed by atoms with Crippen LogP contribution in [0.4, 0.5) is 5.69 Å². The summed E-state index contributed by atoms with van der Waals surface area (Å²) in [4.78, 5) is 12.5. The van der Waals surface area contributed by atoms with E-state index in [4.69, 9.17) is 10.5 Å². The van der Waals surface area contributed by atoms with E-state index in [0.717, 1.165) is 12.1 Å². The molecule has 2 rings (SSSR count). The first-order valence-electron chi connectivity index (χ1n) is 5.89. The predicted molar refractivity (Wildman–Crippen MR) is 67.3 cm³/mol. The molecular weight excluding hydrogens is 234 g/mol. The number of benzene rings is 1. The zero-order chi connectivity index (χ0) is 13.1. The highest BCUT2D eigenvalue weighted by molar-refractivity contribution is 5.36. The first kappa shape index (κ1) is 12.9. The maximum atomic E-state index is 10.8. The van der Waals surface area contributed by atoms with Crippen molar-refractivity contribution >= 4 is 5.69 Å². The van der Waals surface area contributed by atoms with Crippen molar-refractivity contribution in [1.29, 1.82) is 0 Å². The summed E-state index contributed by atoms with van der Waals surface area (Å²) >= 11 is 0. The molecule has 2 N–H and O–H groups in total. The van der Waals surface area contributed by atoms with Crippen LogP contribution in [0.15, 0.2) is 24.3 Å². The molecule has 1 aliphatic rings. The number of hydrogen-bond donors (Lipinski definition) is 1. The van der Waals surface area contributed by atoms with Gasteiger partial charge in [-0.05, 0) is 12.6 Å². The third-order valence-corrected chi connectivity index (χ3v) is 3.26. The van der Waals surface area contributed by atoms with Crippen molar-refractivity contribution in [3.05, 3.63) is 39.9 Å². The van der Waals surface area contributed by atoms with E-state index >= 15 is 0 Å². The number of nitro benzene ring substituents is 1. The highest BCUT2D eigenvalue weighted by Crippen LogP contribution is 2.29.